The predicted molar refractivity (Wildman–Crippen MR) is 75.2 cm³/mol. The molecule has 21 heavy (non-hydrogen) atoms. The van der Waals surface area contributed by atoms with E-state index < -0.39 is 12.0 Å². The highest BCUT2D eigenvalue weighted by Gasteiger charge is 2.35. The number of nitrogens with zero attached hydrogens (tertiary/aromatic N) is 4. The number of carbonyl (C=O) groups is 1. The van der Waals surface area contributed by atoms with E-state index in [0.717, 1.165) is 0 Å². The highest BCUT2D eigenvalue weighted by molar-refractivity contribution is 5.83. The Balaban J connectivity index is 2.00. The molecule has 7 heteroatoms. The van der Waals surface area contributed by atoms with Gasteiger partial charge in [0.05, 0.1) is 6.54 Å². The highest BCUT2D eigenvalue weighted by atomic mass is 19.3. The summed E-state index contributed by atoms with van der Waals surface area (Å²) in [5, 5.41) is 4.14. The molecule has 0 unspecified atom stereocenters. The molecular formula is C14H22F2N4O. The van der Waals surface area contributed by atoms with Crippen LogP contribution in [0.1, 0.15) is 20.3 Å². The van der Waals surface area contributed by atoms with Crippen LogP contribution in [-0.4, -0.2) is 64.6 Å². The highest BCUT2D eigenvalue weighted by Crippen LogP contribution is 2.19. The summed E-state index contributed by atoms with van der Waals surface area (Å²) in [5.74, 6) is -0.0231. The second kappa shape index (κ2) is 6.51. The van der Waals surface area contributed by atoms with Gasteiger partial charge in [0, 0.05) is 38.6 Å². The van der Waals surface area contributed by atoms with Gasteiger partial charge in [0.15, 0.2) is 0 Å². The van der Waals surface area contributed by atoms with Crippen LogP contribution in [0.2, 0.25) is 0 Å². The Labute approximate surface area is 123 Å². The summed E-state index contributed by atoms with van der Waals surface area (Å²) in [5.41, 5.74) is -0.763. The fourth-order valence-corrected chi connectivity index (χ4v) is 2.64. The van der Waals surface area contributed by atoms with Crippen LogP contribution in [0.25, 0.3) is 0 Å². The maximum Gasteiger partial charge on any atom is 0.251 e. The maximum absolute atomic E-state index is 12.7. The molecule has 118 valence electrons. The van der Waals surface area contributed by atoms with Crippen molar-refractivity contribution in [2.45, 2.75) is 32.2 Å². The lowest BCUT2D eigenvalue weighted by Crippen LogP contribution is -2.48. The van der Waals surface area contributed by atoms with E-state index in [2.05, 4.69) is 5.10 Å². The molecule has 0 spiro atoms. The van der Waals surface area contributed by atoms with Crippen LogP contribution in [0.3, 0.4) is 0 Å². The largest absolute Gasteiger partial charge is 0.339 e. The van der Waals surface area contributed by atoms with Gasteiger partial charge in [0.2, 0.25) is 5.91 Å². The number of hydrogen-bond donors (Lipinski definition) is 0. The second-order valence-electron chi connectivity index (χ2n) is 5.85. The normalized spacial score (nSPS) is 18.0. The number of hydrogen-bond acceptors (Lipinski definition) is 3. The quantitative estimate of drug-likeness (QED) is 0.844. The number of rotatable bonds is 4. The molecule has 1 aliphatic heterocycles. The molecule has 0 aliphatic carbocycles. The molecule has 5 nitrogen and oxygen atoms in total. The third kappa shape index (κ3) is 3.78. The van der Waals surface area contributed by atoms with Crippen LogP contribution >= 0.6 is 0 Å². The van der Waals surface area contributed by atoms with E-state index in [-0.39, 0.29) is 12.5 Å². The average Bonchev–Trinajstić information content (AvgIpc) is 2.87. The molecule has 2 heterocycles. The molecule has 1 amide bonds. The van der Waals surface area contributed by atoms with Gasteiger partial charge in [-0.2, -0.15) is 5.10 Å². The van der Waals surface area contributed by atoms with Gasteiger partial charge < -0.3 is 4.90 Å². The molecule has 2 rings (SSSR count). The minimum Gasteiger partial charge on any atom is -0.339 e. The zero-order valence-electron chi connectivity index (χ0n) is 12.5. The first-order valence-electron chi connectivity index (χ1n) is 7.21. The van der Waals surface area contributed by atoms with Gasteiger partial charge in [-0.25, -0.2) is 8.78 Å². The van der Waals surface area contributed by atoms with Crippen LogP contribution in [0.4, 0.5) is 8.78 Å². The number of amides is 1. The molecular weight excluding hydrogens is 278 g/mol. The molecule has 0 radical (unpaired) electrons. The summed E-state index contributed by atoms with van der Waals surface area (Å²) in [6.45, 7) is 5.61. The molecule has 0 bridgehead atoms. The summed E-state index contributed by atoms with van der Waals surface area (Å²) in [6.07, 6.45) is 1.79. The van der Waals surface area contributed by atoms with Crippen molar-refractivity contribution < 1.29 is 13.6 Å². The van der Waals surface area contributed by atoms with Gasteiger partial charge in [-0.05, 0) is 26.3 Å². The van der Waals surface area contributed by atoms with Crippen LogP contribution in [0, 0.1) is 0 Å². The lowest BCUT2D eigenvalue weighted by molar-refractivity contribution is -0.139. The first kappa shape index (κ1) is 15.9. The SMILES string of the molecule is CC(C)(C(=O)N1CCCN(CC(F)F)CC1)n1cccn1. The summed E-state index contributed by atoms with van der Waals surface area (Å²) in [6, 6.07) is 1.78. The van der Waals surface area contributed by atoms with Crippen LogP contribution in [0.5, 0.6) is 0 Å². The molecule has 1 saturated heterocycles. The number of aromatic nitrogens is 2. The Hall–Kier alpha value is -1.50. The minimum absolute atomic E-state index is 0.0231. The number of carbonyl (C=O) groups excluding carboxylic acids is 1. The van der Waals surface area contributed by atoms with Crippen molar-refractivity contribution in [1.29, 1.82) is 0 Å². The monoisotopic (exact) mass is 300 g/mol. The molecule has 1 aliphatic rings. The van der Waals surface area contributed by atoms with Gasteiger partial charge in [-0.1, -0.05) is 0 Å². The van der Waals surface area contributed by atoms with E-state index in [1.54, 1.807) is 32.9 Å². The van der Waals surface area contributed by atoms with Crippen molar-refractivity contribution in [2.24, 2.45) is 0 Å². The Morgan fingerprint density at radius 1 is 1.29 bits per heavy atom. The van der Waals surface area contributed by atoms with Gasteiger partial charge >= 0.3 is 0 Å². The molecule has 1 aromatic heterocycles. The molecule has 0 N–H and O–H groups in total. The Morgan fingerprint density at radius 2 is 2.05 bits per heavy atom. The van der Waals surface area contributed by atoms with Crippen LogP contribution in [0.15, 0.2) is 18.5 Å². The lowest BCUT2D eigenvalue weighted by atomic mass is 10.0. The van der Waals surface area contributed by atoms with E-state index in [1.807, 2.05) is 13.8 Å². The Morgan fingerprint density at radius 3 is 2.67 bits per heavy atom. The van der Waals surface area contributed by atoms with Crippen molar-refractivity contribution >= 4 is 5.91 Å². The predicted octanol–water partition coefficient (Wildman–Crippen LogP) is 1.42. The van der Waals surface area contributed by atoms with Crippen molar-refractivity contribution in [3.8, 4) is 0 Å². The molecule has 0 atom stereocenters. The maximum atomic E-state index is 12.7. The average molecular weight is 300 g/mol. The van der Waals surface area contributed by atoms with Gasteiger partial charge in [-0.3, -0.25) is 14.4 Å². The Kier molecular flexibility index (Phi) is 4.92. The van der Waals surface area contributed by atoms with E-state index in [4.69, 9.17) is 0 Å². The molecule has 0 aromatic carbocycles. The number of alkyl halides is 2. The Bertz CT molecular complexity index is 462. The van der Waals surface area contributed by atoms with Crippen LogP contribution in [-0.2, 0) is 10.3 Å². The third-order valence-electron chi connectivity index (χ3n) is 3.87. The van der Waals surface area contributed by atoms with Crippen molar-refractivity contribution in [3.63, 3.8) is 0 Å². The van der Waals surface area contributed by atoms with E-state index in [9.17, 15) is 13.6 Å². The fraction of sp³-hybridized carbons (Fsp3) is 0.714. The first-order valence-corrected chi connectivity index (χ1v) is 7.21. The summed E-state index contributed by atoms with van der Waals surface area (Å²) in [7, 11) is 0. The summed E-state index contributed by atoms with van der Waals surface area (Å²) in [4.78, 5) is 16.2. The molecule has 0 saturated carbocycles. The summed E-state index contributed by atoms with van der Waals surface area (Å²) >= 11 is 0. The minimum atomic E-state index is -2.33. The fourth-order valence-electron chi connectivity index (χ4n) is 2.64. The smallest absolute Gasteiger partial charge is 0.251 e. The van der Waals surface area contributed by atoms with Gasteiger partial charge in [-0.15, -0.1) is 0 Å². The van der Waals surface area contributed by atoms with E-state index in [0.29, 0.717) is 32.6 Å². The van der Waals surface area contributed by atoms with Crippen molar-refractivity contribution in [1.82, 2.24) is 19.6 Å². The standard InChI is InChI=1S/C14H22F2N4O/c1-14(2,20-8-3-5-17-20)13(21)19-7-4-6-18(9-10-19)11-12(15)16/h3,5,8,12H,4,6-7,9-11H2,1-2H3. The van der Waals surface area contributed by atoms with Crippen molar-refractivity contribution in [2.75, 3.05) is 32.7 Å². The molecule has 1 fully saturated rings. The van der Waals surface area contributed by atoms with Crippen molar-refractivity contribution in [3.05, 3.63) is 18.5 Å². The van der Waals surface area contributed by atoms with E-state index in [1.165, 1.54) is 0 Å². The van der Waals surface area contributed by atoms with Crippen LogP contribution < -0.4 is 0 Å². The van der Waals surface area contributed by atoms with E-state index >= 15 is 0 Å². The molecule has 1 aromatic rings. The first-order chi connectivity index (χ1) is 9.91. The lowest BCUT2D eigenvalue weighted by Gasteiger charge is -2.31. The van der Waals surface area contributed by atoms with Gasteiger partial charge in [0.25, 0.3) is 6.43 Å². The second-order valence-corrected chi connectivity index (χ2v) is 5.85. The zero-order chi connectivity index (χ0) is 15.5. The number of halogens is 2. The third-order valence-corrected chi connectivity index (χ3v) is 3.87. The zero-order valence-corrected chi connectivity index (χ0v) is 12.5. The van der Waals surface area contributed by atoms with Gasteiger partial charge in [0.1, 0.15) is 5.54 Å². The topological polar surface area (TPSA) is 41.4 Å². The summed E-state index contributed by atoms with van der Waals surface area (Å²) < 4.78 is 26.5.